The molecule has 2 aromatic rings. The molecule has 0 spiro atoms. The zero-order valence-corrected chi connectivity index (χ0v) is 21.6. The number of halogens is 1. The van der Waals surface area contributed by atoms with E-state index in [1.807, 2.05) is 17.9 Å². The van der Waals surface area contributed by atoms with Crippen LogP contribution in [0.15, 0.2) is 36.5 Å². The predicted octanol–water partition coefficient (Wildman–Crippen LogP) is 4.81. The Bertz CT molecular complexity index is 1060. The zero-order valence-electron chi connectivity index (χ0n) is 21.6. The maximum absolute atomic E-state index is 14.4. The van der Waals surface area contributed by atoms with Crippen molar-refractivity contribution in [3.63, 3.8) is 0 Å². The van der Waals surface area contributed by atoms with Gasteiger partial charge >= 0.3 is 0 Å². The lowest BCUT2D eigenvalue weighted by Crippen LogP contribution is -2.42. The van der Waals surface area contributed by atoms with Crippen molar-refractivity contribution in [2.75, 3.05) is 25.5 Å². The Hall–Kier alpha value is -2.87. The van der Waals surface area contributed by atoms with Crippen molar-refractivity contribution in [3.8, 4) is 0 Å². The summed E-state index contributed by atoms with van der Waals surface area (Å²) in [6, 6.07) is 7.93. The summed E-state index contributed by atoms with van der Waals surface area (Å²) in [5.74, 6) is 0.156. The molecule has 194 valence electrons. The van der Waals surface area contributed by atoms with Crippen LogP contribution >= 0.6 is 0 Å². The molecule has 7 nitrogen and oxygen atoms in total. The molecule has 8 heteroatoms. The highest BCUT2D eigenvalue weighted by Gasteiger charge is 2.39. The van der Waals surface area contributed by atoms with Crippen LogP contribution in [0.3, 0.4) is 0 Å². The van der Waals surface area contributed by atoms with E-state index in [0.29, 0.717) is 18.2 Å². The predicted molar refractivity (Wildman–Crippen MR) is 138 cm³/mol. The van der Waals surface area contributed by atoms with Gasteiger partial charge in [0.05, 0.1) is 23.5 Å². The van der Waals surface area contributed by atoms with E-state index >= 15 is 0 Å². The fourth-order valence-electron chi connectivity index (χ4n) is 5.64. The lowest BCUT2D eigenvalue weighted by molar-refractivity contribution is -0.141. The summed E-state index contributed by atoms with van der Waals surface area (Å²) < 4.78 is 14.4. The number of aromatic nitrogens is 2. The molecule has 1 aliphatic carbocycles. The summed E-state index contributed by atoms with van der Waals surface area (Å²) in [6.07, 6.45) is 9.08. The van der Waals surface area contributed by atoms with Crippen molar-refractivity contribution in [3.05, 3.63) is 48.0 Å². The average Bonchev–Trinajstić information content (AvgIpc) is 3.41. The summed E-state index contributed by atoms with van der Waals surface area (Å²) in [4.78, 5) is 39.6. The number of anilines is 2. The van der Waals surface area contributed by atoms with E-state index in [-0.39, 0.29) is 47.8 Å². The molecular weight excluding hydrogens is 457 g/mol. The summed E-state index contributed by atoms with van der Waals surface area (Å²) in [6.45, 7) is 2.52. The van der Waals surface area contributed by atoms with Crippen LogP contribution in [0.2, 0.25) is 0 Å². The van der Waals surface area contributed by atoms with E-state index in [1.54, 1.807) is 43.4 Å². The fraction of sp³-hybridized carbons (Fsp3) is 0.571. The van der Waals surface area contributed by atoms with Crippen LogP contribution in [0.5, 0.6) is 0 Å². The maximum atomic E-state index is 14.4. The van der Waals surface area contributed by atoms with Crippen LogP contribution in [0.4, 0.5) is 16.0 Å². The standard InChI is InChI=1S/C28H38FN5O2/c1-19(30-2)26(35)18-21(20-10-5-4-6-11-20)27(36)34-17-9-14-25(34)23-15-16-31-28(32-23)33(3)24-13-8-7-12-22(24)29/h7-8,12-13,15-16,19-21,25,30H,4-6,9-11,14,17-18H2,1-3H3/t19-,21-,25-/m0/s1. The minimum atomic E-state index is -0.345. The normalized spacial score (nSPS) is 20.2. The number of likely N-dealkylation sites (N-methyl/N-ethyl adjacent to an activating group) is 1. The summed E-state index contributed by atoms with van der Waals surface area (Å²) in [7, 11) is 3.52. The van der Waals surface area contributed by atoms with Crippen LogP contribution < -0.4 is 10.2 Å². The van der Waals surface area contributed by atoms with Crippen LogP contribution in [0.1, 0.15) is 70.0 Å². The Morgan fingerprint density at radius 3 is 2.61 bits per heavy atom. The van der Waals surface area contributed by atoms with Gasteiger partial charge in [-0.15, -0.1) is 0 Å². The third-order valence-corrected chi connectivity index (χ3v) is 7.93. The molecule has 0 unspecified atom stereocenters. The summed E-state index contributed by atoms with van der Waals surface area (Å²) in [5, 5.41) is 3.03. The smallest absolute Gasteiger partial charge is 0.229 e. The van der Waals surface area contributed by atoms with Gasteiger partial charge < -0.3 is 15.1 Å². The number of Topliss-reactive ketones (excluding diaryl/α,β-unsaturated/α-hetero) is 1. The van der Waals surface area contributed by atoms with Crippen molar-refractivity contribution in [1.82, 2.24) is 20.2 Å². The van der Waals surface area contributed by atoms with E-state index in [2.05, 4.69) is 10.3 Å². The molecular formula is C28H38FN5O2. The number of nitrogens with zero attached hydrogens (tertiary/aromatic N) is 4. The first-order valence-corrected chi connectivity index (χ1v) is 13.2. The average molecular weight is 496 g/mol. The SMILES string of the molecule is CN[C@@H](C)C(=O)C[C@H](C(=O)N1CCC[C@H]1c1ccnc(N(C)c2ccccc2F)n1)C1CCCCC1. The van der Waals surface area contributed by atoms with Gasteiger partial charge in [0.2, 0.25) is 11.9 Å². The van der Waals surface area contributed by atoms with Gasteiger partial charge in [-0.3, -0.25) is 9.59 Å². The van der Waals surface area contributed by atoms with Crippen molar-refractivity contribution < 1.29 is 14.0 Å². The number of likely N-dealkylation sites (tertiary alicyclic amines) is 1. The minimum Gasteiger partial charge on any atom is -0.334 e. The Kier molecular flexibility index (Phi) is 8.67. The lowest BCUT2D eigenvalue weighted by atomic mass is 9.76. The van der Waals surface area contributed by atoms with Crippen LogP contribution in [0.25, 0.3) is 0 Å². The van der Waals surface area contributed by atoms with Crippen LogP contribution in [0, 0.1) is 17.7 Å². The number of hydrogen-bond acceptors (Lipinski definition) is 6. The maximum Gasteiger partial charge on any atom is 0.229 e. The molecule has 1 amide bonds. The summed E-state index contributed by atoms with van der Waals surface area (Å²) in [5.41, 5.74) is 1.15. The third-order valence-electron chi connectivity index (χ3n) is 7.93. The van der Waals surface area contributed by atoms with E-state index in [0.717, 1.165) is 44.2 Å². The quantitative estimate of drug-likeness (QED) is 0.538. The Labute approximate surface area is 213 Å². The number of rotatable bonds is 9. The molecule has 1 aliphatic heterocycles. The van der Waals surface area contributed by atoms with Crippen molar-refractivity contribution in [2.45, 2.75) is 70.4 Å². The first-order chi connectivity index (χ1) is 17.4. The zero-order chi connectivity index (χ0) is 25.7. The Balaban J connectivity index is 1.57. The molecule has 1 aromatic carbocycles. The van der Waals surface area contributed by atoms with E-state index < -0.39 is 0 Å². The molecule has 1 saturated heterocycles. The van der Waals surface area contributed by atoms with Gasteiger partial charge in [-0.25, -0.2) is 14.4 Å². The molecule has 1 N–H and O–H groups in total. The number of carbonyl (C=O) groups is 2. The first kappa shape index (κ1) is 26.2. The van der Waals surface area contributed by atoms with Gasteiger partial charge in [-0.1, -0.05) is 31.4 Å². The third kappa shape index (κ3) is 5.75. The van der Waals surface area contributed by atoms with Gasteiger partial charge in [0, 0.05) is 32.1 Å². The monoisotopic (exact) mass is 495 g/mol. The van der Waals surface area contributed by atoms with E-state index in [9.17, 15) is 14.0 Å². The Morgan fingerprint density at radius 2 is 1.89 bits per heavy atom. The number of hydrogen-bond donors (Lipinski definition) is 1. The lowest BCUT2D eigenvalue weighted by Gasteiger charge is -2.34. The highest BCUT2D eigenvalue weighted by Crippen LogP contribution is 2.38. The number of para-hydroxylation sites is 1. The van der Waals surface area contributed by atoms with Gasteiger partial charge in [0.1, 0.15) is 11.6 Å². The van der Waals surface area contributed by atoms with Gasteiger partial charge in [0.25, 0.3) is 0 Å². The van der Waals surface area contributed by atoms with Crippen LogP contribution in [-0.4, -0.2) is 53.2 Å². The summed E-state index contributed by atoms with van der Waals surface area (Å²) >= 11 is 0. The molecule has 2 aliphatic rings. The molecule has 1 saturated carbocycles. The van der Waals surface area contributed by atoms with Gasteiger partial charge in [-0.05, 0) is 63.8 Å². The minimum absolute atomic E-state index is 0.0728. The highest BCUT2D eigenvalue weighted by molar-refractivity contribution is 5.90. The molecule has 36 heavy (non-hydrogen) atoms. The second kappa shape index (κ2) is 11.9. The topological polar surface area (TPSA) is 78.4 Å². The van der Waals surface area contributed by atoms with Crippen LogP contribution in [-0.2, 0) is 9.59 Å². The molecule has 3 atom stereocenters. The Morgan fingerprint density at radius 1 is 1.14 bits per heavy atom. The van der Waals surface area contributed by atoms with Gasteiger partial charge in [0.15, 0.2) is 0 Å². The molecule has 1 aromatic heterocycles. The number of amides is 1. The molecule has 0 bridgehead atoms. The van der Waals surface area contributed by atoms with E-state index in [4.69, 9.17) is 4.98 Å². The number of benzene rings is 1. The molecule has 4 rings (SSSR count). The first-order valence-electron chi connectivity index (χ1n) is 13.2. The van der Waals surface area contributed by atoms with Crippen molar-refractivity contribution in [2.24, 2.45) is 11.8 Å². The van der Waals surface area contributed by atoms with Crippen molar-refractivity contribution in [1.29, 1.82) is 0 Å². The van der Waals surface area contributed by atoms with E-state index in [1.165, 1.54) is 12.5 Å². The number of nitrogens with one attached hydrogen (secondary N) is 1. The second-order valence-corrected chi connectivity index (χ2v) is 10.2. The molecule has 2 fully saturated rings. The largest absolute Gasteiger partial charge is 0.334 e. The highest BCUT2D eigenvalue weighted by atomic mass is 19.1. The number of carbonyl (C=O) groups excluding carboxylic acids is 2. The van der Waals surface area contributed by atoms with Crippen molar-refractivity contribution >= 4 is 23.3 Å². The molecule has 0 radical (unpaired) electrons. The fourth-order valence-corrected chi connectivity index (χ4v) is 5.64. The number of ketones is 1. The molecule has 2 heterocycles. The van der Waals surface area contributed by atoms with Gasteiger partial charge in [-0.2, -0.15) is 0 Å². The second-order valence-electron chi connectivity index (χ2n) is 10.2.